The summed E-state index contributed by atoms with van der Waals surface area (Å²) in [6.45, 7) is 14.5. The van der Waals surface area contributed by atoms with E-state index in [2.05, 4.69) is 26.8 Å². The highest BCUT2D eigenvalue weighted by molar-refractivity contribution is 5.22. The second-order valence-corrected chi connectivity index (χ2v) is 23.1. The molecule has 0 spiro atoms. The molecular weight excluding hydrogens is 881 g/mol. The minimum atomic E-state index is -1.82. The lowest BCUT2D eigenvalue weighted by Crippen LogP contribution is -2.71. The van der Waals surface area contributed by atoms with Gasteiger partial charge in [0, 0.05) is 0 Å². The van der Waals surface area contributed by atoms with Gasteiger partial charge in [-0.2, -0.15) is 0 Å². The molecule has 7 aliphatic rings. The molecule has 0 amide bonds. The second kappa shape index (κ2) is 19.8. The molecule has 7 fully saturated rings. The Labute approximate surface area is 393 Å². The van der Waals surface area contributed by atoms with Crippen LogP contribution in [0.4, 0.5) is 0 Å². The fraction of sp³-hybridized carbons (Fsp3) is 0.958. The van der Waals surface area contributed by atoms with E-state index in [1.807, 2.05) is 34.6 Å². The monoisotopic (exact) mass is 963 g/mol. The summed E-state index contributed by atoms with van der Waals surface area (Å²) in [6.07, 6.45) is -19.5. The molecule has 0 aromatic heterocycles. The summed E-state index contributed by atoms with van der Waals surface area (Å²) < 4.78 is 37.2. The number of ether oxygens (including phenoxy) is 6. The van der Waals surface area contributed by atoms with Gasteiger partial charge in [0.2, 0.25) is 0 Å². The molecule has 4 saturated carbocycles. The molecule has 3 saturated heterocycles. The number of hydrogen-bond donors (Lipinski definition) is 13. The zero-order valence-corrected chi connectivity index (χ0v) is 40.3. The zero-order chi connectivity index (χ0) is 49.5. The van der Waals surface area contributed by atoms with Crippen LogP contribution in [0.25, 0.3) is 0 Å². The molecule has 0 aromatic carbocycles. The van der Waals surface area contributed by atoms with Gasteiger partial charge in [0.15, 0.2) is 18.9 Å². The number of rotatable bonds is 13. The van der Waals surface area contributed by atoms with E-state index in [1.165, 1.54) is 0 Å². The highest BCUT2D eigenvalue weighted by Gasteiger charge is 2.74. The minimum Gasteiger partial charge on any atom is -0.394 e. The van der Waals surface area contributed by atoms with Gasteiger partial charge >= 0.3 is 0 Å². The van der Waals surface area contributed by atoms with Crippen molar-refractivity contribution in [2.24, 2.45) is 45.3 Å². The van der Waals surface area contributed by atoms with Crippen LogP contribution >= 0.6 is 0 Å². The Bertz CT molecular complexity index is 1710. The first-order chi connectivity index (χ1) is 31.3. The van der Waals surface area contributed by atoms with Crippen molar-refractivity contribution >= 4 is 0 Å². The molecular formula is C48H82O19. The number of hydrogen-bond acceptors (Lipinski definition) is 19. The second-order valence-electron chi connectivity index (χ2n) is 23.1. The van der Waals surface area contributed by atoms with Gasteiger partial charge in [-0.05, 0) is 117 Å². The smallest absolute Gasteiger partial charge is 0.187 e. The Morgan fingerprint density at radius 2 is 1.18 bits per heavy atom. The van der Waals surface area contributed by atoms with Crippen LogP contribution in [0.3, 0.4) is 0 Å². The fourth-order valence-electron chi connectivity index (χ4n) is 14.9. The molecule has 19 heteroatoms. The first-order valence-corrected chi connectivity index (χ1v) is 24.5. The summed E-state index contributed by atoms with van der Waals surface area (Å²) in [6, 6.07) is 0. The van der Waals surface area contributed by atoms with Crippen molar-refractivity contribution in [1.82, 2.24) is 0 Å². The maximum absolute atomic E-state index is 12.7. The van der Waals surface area contributed by atoms with Crippen molar-refractivity contribution in [3.63, 3.8) is 0 Å². The summed E-state index contributed by atoms with van der Waals surface area (Å²) in [7, 11) is 0. The zero-order valence-electron chi connectivity index (χ0n) is 40.3. The van der Waals surface area contributed by atoms with E-state index in [-0.39, 0.29) is 23.7 Å². The lowest BCUT2D eigenvalue weighted by Gasteiger charge is -2.72. The summed E-state index contributed by atoms with van der Waals surface area (Å²) in [5, 5.41) is 142. The third-order valence-electron chi connectivity index (χ3n) is 18.7. The number of aliphatic hydroxyl groups excluding tert-OH is 13. The van der Waals surface area contributed by atoms with Crippen LogP contribution in [0.15, 0.2) is 11.6 Å². The first kappa shape index (κ1) is 53.8. The van der Waals surface area contributed by atoms with Crippen molar-refractivity contribution < 1.29 is 94.8 Å². The normalized spacial score (nSPS) is 52.9. The third-order valence-corrected chi connectivity index (χ3v) is 18.7. The summed E-state index contributed by atoms with van der Waals surface area (Å²) in [4.78, 5) is 0. The molecule has 67 heavy (non-hydrogen) atoms. The lowest BCUT2D eigenvalue weighted by atomic mass is 9.34. The molecule has 4 aliphatic carbocycles. The number of fused-ring (bicyclic) bond motifs is 5. The average Bonchev–Trinajstić information content (AvgIpc) is 3.66. The maximum atomic E-state index is 12.7. The highest BCUT2D eigenvalue weighted by atomic mass is 16.7. The van der Waals surface area contributed by atoms with Gasteiger partial charge in [-0.15, -0.1) is 0 Å². The van der Waals surface area contributed by atoms with Crippen LogP contribution in [0.1, 0.15) is 107 Å². The third kappa shape index (κ3) is 9.03. The summed E-state index contributed by atoms with van der Waals surface area (Å²) in [5.74, 6) is -1.11. The van der Waals surface area contributed by atoms with Gasteiger partial charge in [-0.25, -0.2) is 0 Å². The predicted octanol–water partition coefficient (Wildman–Crippen LogP) is -1.06. The van der Waals surface area contributed by atoms with Crippen LogP contribution in [-0.2, 0) is 28.4 Å². The fourth-order valence-corrected chi connectivity index (χ4v) is 14.9. The average molecular weight is 963 g/mol. The molecule has 3 heterocycles. The van der Waals surface area contributed by atoms with Crippen LogP contribution in [0, 0.1) is 45.3 Å². The largest absolute Gasteiger partial charge is 0.394 e. The Morgan fingerprint density at radius 1 is 0.642 bits per heavy atom. The van der Waals surface area contributed by atoms with E-state index in [4.69, 9.17) is 28.4 Å². The van der Waals surface area contributed by atoms with Gasteiger partial charge in [-0.3, -0.25) is 0 Å². The van der Waals surface area contributed by atoms with Crippen LogP contribution in [0.5, 0.6) is 0 Å². The molecule has 26 atom stereocenters. The van der Waals surface area contributed by atoms with Crippen LogP contribution < -0.4 is 0 Å². The summed E-state index contributed by atoms with van der Waals surface area (Å²) in [5.41, 5.74) is -2.39. The molecule has 0 aromatic rings. The van der Waals surface area contributed by atoms with Crippen molar-refractivity contribution in [3.05, 3.63) is 11.6 Å². The minimum absolute atomic E-state index is 0.0659. The van der Waals surface area contributed by atoms with Gasteiger partial charge in [0.1, 0.15) is 73.2 Å². The van der Waals surface area contributed by atoms with E-state index in [0.29, 0.717) is 51.4 Å². The van der Waals surface area contributed by atoms with Gasteiger partial charge in [0.25, 0.3) is 0 Å². The standard InChI is InChI=1S/C48H82O19/c1-21(2)10-9-13-48(8,67-43-38(61)35(58)39(27(20-51)65-43)66-42-37(60)34(57)32(55)26(19-50)64-42)22-11-15-46(6)30(22)23(52)16-28-45(5)14-12-29(53)44(3,4)40(45)24(17-47(28,46)7)62-41-36(59)33(56)31(54)25(18-49)63-41/h10,22-43,49-61H,9,11-20H2,1-8H3/t22-,23+,24-,25+,26+,27+,28+,29-,30-,31+,32-,33-,34-,35+,36+,37+,38+,39+,40?,41+,42-,43-,45+,46+,47+,48-/m0/s1. The van der Waals surface area contributed by atoms with E-state index in [0.717, 1.165) is 5.57 Å². The predicted molar refractivity (Wildman–Crippen MR) is 235 cm³/mol. The molecule has 7 rings (SSSR count). The van der Waals surface area contributed by atoms with Gasteiger partial charge in [-0.1, -0.05) is 46.3 Å². The Balaban J connectivity index is 1.20. The van der Waals surface area contributed by atoms with Crippen LogP contribution in [0.2, 0.25) is 0 Å². The lowest BCUT2D eigenvalue weighted by molar-refractivity contribution is -0.372. The Kier molecular flexibility index (Phi) is 15.9. The Morgan fingerprint density at radius 3 is 1.73 bits per heavy atom. The quantitative estimate of drug-likeness (QED) is 0.0773. The summed E-state index contributed by atoms with van der Waals surface area (Å²) >= 11 is 0. The molecule has 0 bridgehead atoms. The Hall–Kier alpha value is -1.02. The highest BCUT2D eigenvalue weighted by Crippen LogP contribution is 2.76. The molecule has 3 aliphatic heterocycles. The van der Waals surface area contributed by atoms with Gasteiger partial charge in [0.05, 0.1) is 43.7 Å². The molecule has 1 unspecified atom stereocenters. The van der Waals surface area contributed by atoms with Gasteiger partial charge < -0.3 is 94.8 Å². The first-order valence-electron chi connectivity index (χ1n) is 24.5. The molecule has 13 N–H and O–H groups in total. The SMILES string of the molecule is CC(C)=CCC[C@](C)(O[C@@H]1O[C@H](CO)[C@@H](O[C@@H]2O[C@H](CO)[C@H](O)[C@H](O)[C@H]2O)[C@H](O)[C@H]1O)[C@H]1CC[C@]2(C)[C@@H]1[C@H](O)C[C@@H]1[C@@]3(C)CC[C@H](O)C(C)(C)C3[C@@H](O[C@@H]3O[C@H](CO)[C@@H](O)[C@H](O)[C@H]3O)C[C@]12C. The van der Waals surface area contributed by atoms with E-state index in [1.54, 1.807) is 0 Å². The maximum Gasteiger partial charge on any atom is 0.187 e. The number of allylic oxidation sites excluding steroid dienone is 2. The van der Waals surface area contributed by atoms with E-state index >= 15 is 0 Å². The molecule has 19 nitrogen and oxygen atoms in total. The molecule has 388 valence electrons. The van der Waals surface area contributed by atoms with Crippen molar-refractivity contribution in [2.75, 3.05) is 19.8 Å². The number of aliphatic hydroxyl groups is 13. The topological polar surface area (TPSA) is 318 Å². The van der Waals surface area contributed by atoms with E-state index in [9.17, 15) is 66.4 Å². The van der Waals surface area contributed by atoms with Crippen molar-refractivity contribution in [2.45, 2.75) is 223 Å². The van der Waals surface area contributed by atoms with E-state index < -0.39 is 158 Å². The van der Waals surface area contributed by atoms with Crippen LogP contribution in [-0.4, -0.2) is 202 Å². The molecule has 0 radical (unpaired) electrons. The van der Waals surface area contributed by atoms with Crippen molar-refractivity contribution in [1.29, 1.82) is 0 Å². The van der Waals surface area contributed by atoms with Crippen molar-refractivity contribution in [3.8, 4) is 0 Å².